The van der Waals surface area contributed by atoms with Crippen LogP contribution < -0.4 is 4.74 Å². The van der Waals surface area contributed by atoms with Gasteiger partial charge in [0.1, 0.15) is 11.4 Å². The Kier molecular flexibility index (Phi) is 3.62. The predicted octanol–water partition coefficient (Wildman–Crippen LogP) is 2.43. The van der Waals surface area contributed by atoms with Crippen molar-refractivity contribution in [3.8, 4) is 17.6 Å². The monoisotopic (exact) mass is 218 g/mol. The molecule has 0 aliphatic carbocycles. The first-order chi connectivity index (χ1) is 7.33. The van der Waals surface area contributed by atoms with Gasteiger partial charge < -0.3 is 9.84 Å². The van der Waals surface area contributed by atoms with E-state index in [1.165, 1.54) is 0 Å². The Bertz CT molecular complexity index is 419. The van der Waals surface area contributed by atoms with Crippen molar-refractivity contribution in [1.82, 2.24) is 0 Å². The molecule has 0 amide bonds. The van der Waals surface area contributed by atoms with E-state index in [-0.39, 0.29) is 0 Å². The number of hydrogen-bond acceptors (Lipinski definition) is 2. The summed E-state index contributed by atoms with van der Waals surface area (Å²) < 4.78 is 5.28. The van der Waals surface area contributed by atoms with Crippen LogP contribution in [-0.4, -0.2) is 17.8 Å². The highest BCUT2D eigenvalue weighted by atomic mass is 16.5. The number of methoxy groups -OCH3 is 1. The molecule has 0 fully saturated rings. The number of rotatable bonds is 1. The first-order valence-electron chi connectivity index (χ1n) is 5.24. The number of ether oxygens (including phenoxy) is 1. The second-order valence-electron chi connectivity index (χ2n) is 4.45. The Morgan fingerprint density at radius 2 is 1.69 bits per heavy atom. The molecule has 0 bridgehead atoms. The van der Waals surface area contributed by atoms with Gasteiger partial charge >= 0.3 is 0 Å². The highest BCUT2D eigenvalue weighted by Gasteiger charge is 2.07. The van der Waals surface area contributed by atoms with Crippen molar-refractivity contribution in [2.45, 2.75) is 33.3 Å². The highest BCUT2D eigenvalue weighted by Crippen LogP contribution is 2.23. The molecular weight excluding hydrogens is 200 g/mol. The first kappa shape index (κ1) is 12.6. The van der Waals surface area contributed by atoms with Crippen molar-refractivity contribution < 1.29 is 9.84 Å². The zero-order valence-electron chi connectivity index (χ0n) is 10.5. The third-order valence-corrected chi connectivity index (χ3v) is 2.18. The Morgan fingerprint density at radius 1 is 1.19 bits per heavy atom. The average Bonchev–Trinajstić information content (AvgIpc) is 2.13. The summed E-state index contributed by atoms with van der Waals surface area (Å²) >= 11 is 0. The molecule has 16 heavy (non-hydrogen) atoms. The minimum absolute atomic E-state index is 0.897. The summed E-state index contributed by atoms with van der Waals surface area (Å²) in [6.07, 6.45) is 0. The predicted molar refractivity (Wildman–Crippen MR) is 65.6 cm³/mol. The average molecular weight is 218 g/mol. The molecule has 2 heteroatoms. The maximum Gasteiger partial charge on any atom is 0.124 e. The lowest BCUT2D eigenvalue weighted by atomic mass is 10.0. The SMILES string of the molecule is COc1c(C)cc(C#CC(C)(C)O)cc1C. The van der Waals surface area contributed by atoms with Gasteiger partial charge in [-0.25, -0.2) is 0 Å². The van der Waals surface area contributed by atoms with E-state index < -0.39 is 5.60 Å². The topological polar surface area (TPSA) is 29.5 Å². The molecule has 0 heterocycles. The lowest BCUT2D eigenvalue weighted by molar-refractivity contribution is 0.143. The molecule has 1 rings (SSSR count). The minimum Gasteiger partial charge on any atom is -0.496 e. The smallest absolute Gasteiger partial charge is 0.124 e. The Hall–Kier alpha value is -1.46. The molecule has 0 aliphatic heterocycles. The van der Waals surface area contributed by atoms with Crippen LogP contribution in [0.2, 0.25) is 0 Å². The summed E-state index contributed by atoms with van der Waals surface area (Å²) in [7, 11) is 1.66. The summed E-state index contributed by atoms with van der Waals surface area (Å²) in [5.74, 6) is 6.65. The molecule has 0 saturated heterocycles. The molecule has 0 atom stereocenters. The molecular formula is C14H18O2. The molecule has 2 nitrogen and oxygen atoms in total. The zero-order chi connectivity index (χ0) is 12.3. The second kappa shape index (κ2) is 4.59. The lowest BCUT2D eigenvalue weighted by Crippen LogP contribution is -2.14. The summed E-state index contributed by atoms with van der Waals surface area (Å²) in [5.41, 5.74) is 2.06. The fraction of sp³-hybridized carbons (Fsp3) is 0.429. The van der Waals surface area contributed by atoms with Crippen LogP contribution in [0.1, 0.15) is 30.5 Å². The molecule has 1 aromatic carbocycles. The van der Waals surface area contributed by atoms with Crippen molar-refractivity contribution >= 4 is 0 Å². The molecule has 0 radical (unpaired) electrons. The van der Waals surface area contributed by atoms with E-state index in [0.29, 0.717) is 0 Å². The number of hydrogen-bond donors (Lipinski definition) is 1. The fourth-order valence-corrected chi connectivity index (χ4v) is 1.57. The van der Waals surface area contributed by atoms with Gasteiger partial charge in [-0.1, -0.05) is 11.8 Å². The highest BCUT2D eigenvalue weighted by molar-refractivity contribution is 5.49. The van der Waals surface area contributed by atoms with E-state index in [1.54, 1.807) is 21.0 Å². The number of aliphatic hydroxyl groups is 1. The van der Waals surface area contributed by atoms with Crippen molar-refractivity contribution in [3.63, 3.8) is 0 Å². The molecule has 0 spiro atoms. The summed E-state index contributed by atoms with van der Waals surface area (Å²) in [5, 5.41) is 9.52. The van der Waals surface area contributed by atoms with Crippen molar-refractivity contribution in [2.75, 3.05) is 7.11 Å². The maximum absolute atomic E-state index is 9.52. The van der Waals surface area contributed by atoms with Gasteiger partial charge in [-0.05, 0) is 51.0 Å². The molecule has 0 aliphatic rings. The molecule has 0 aromatic heterocycles. The van der Waals surface area contributed by atoms with Crippen molar-refractivity contribution in [1.29, 1.82) is 0 Å². The van der Waals surface area contributed by atoms with Gasteiger partial charge in [0.2, 0.25) is 0 Å². The maximum atomic E-state index is 9.52. The molecule has 0 unspecified atom stereocenters. The Balaban J connectivity index is 3.13. The summed E-state index contributed by atoms with van der Waals surface area (Å²) in [6.45, 7) is 7.31. The van der Waals surface area contributed by atoms with Crippen LogP contribution in [0.3, 0.4) is 0 Å². The van der Waals surface area contributed by atoms with Gasteiger partial charge in [-0.15, -0.1) is 0 Å². The van der Waals surface area contributed by atoms with E-state index in [9.17, 15) is 5.11 Å². The molecule has 0 saturated carbocycles. The Morgan fingerprint density at radius 3 is 2.06 bits per heavy atom. The molecule has 1 N–H and O–H groups in total. The van der Waals surface area contributed by atoms with E-state index >= 15 is 0 Å². The second-order valence-corrected chi connectivity index (χ2v) is 4.45. The fourth-order valence-electron chi connectivity index (χ4n) is 1.57. The third-order valence-electron chi connectivity index (χ3n) is 2.18. The first-order valence-corrected chi connectivity index (χ1v) is 5.24. The molecule has 1 aromatic rings. The normalized spacial score (nSPS) is 10.6. The van der Waals surface area contributed by atoms with Crippen LogP contribution in [0, 0.1) is 25.7 Å². The van der Waals surface area contributed by atoms with Gasteiger partial charge in [-0.3, -0.25) is 0 Å². The van der Waals surface area contributed by atoms with Crippen LogP contribution in [0.25, 0.3) is 0 Å². The lowest BCUT2D eigenvalue weighted by Gasteiger charge is -2.09. The third kappa shape index (κ3) is 3.29. The zero-order valence-corrected chi connectivity index (χ0v) is 10.5. The molecule has 86 valence electrons. The van der Waals surface area contributed by atoms with Gasteiger partial charge in [0.15, 0.2) is 0 Å². The van der Waals surface area contributed by atoms with Crippen LogP contribution >= 0.6 is 0 Å². The quantitative estimate of drug-likeness (QED) is 0.734. The van der Waals surface area contributed by atoms with Crippen molar-refractivity contribution in [3.05, 3.63) is 28.8 Å². The van der Waals surface area contributed by atoms with E-state index in [0.717, 1.165) is 22.4 Å². The van der Waals surface area contributed by atoms with Gasteiger partial charge in [0.05, 0.1) is 7.11 Å². The van der Waals surface area contributed by atoms with Crippen LogP contribution in [0.5, 0.6) is 5.75 Å². The van der Waals surface area contributed by atoms with E-state index in [4.69, 9.17) is 4.74 Å². The van der Waals surface area contributed by atoms with Gasteiger partial charge in [0.25, 0.3) is 0 Å². The number of benzene rings is 1. The number of aryl methyl sites for hydroxylation is 2. The Labute approximate surface area is 97.3 Å². The standard InChI is InChI=1S/C14H18O2/c1-10-8-12(6-7-14(3,4)15)9-11(2)13(10)16-5/h8-9,15H,1-5H3. The van der Waals surface area contributed by atoms with E-state index in [2.05, 4.69) is 11.8 Å². The van der Waals surface area contributed by atoms with Crippen LogP contribution in [-0.2, 0) is 0 Å². The summed E-state index contributed by atoms with van der Waals surface area (Å²) in [6, 6.07) is 3.93. The van der Waals surface area contributed by atoms with Gasteiger partial charge in [0, 0.05) is 5.56 Å². The summed E-state index contributed by atoms with van der Waals surface area (Å²) in [4.78, 5) is 0. The van der Waals surface area contributed by atoms with Crippen molar-refractivity contribution in [2.24, 2.45) is 0 Å². The van der Waals surface area contributed by atoms with Crippen LogP contribution in [0.4, 0.5) is 0 Å². The largest absolute Gasteiger partial charge is 0.496 e. The minimum atomic E-state index is -0.957. The van der Waals surface area contributed by atoms with E-state index in [1.807, 2.05) is 26.0 Å². The van der Waals surface area contributed by atoms with Gasteiger partial charge in [-0.2, -0.15) is 0 Å². The van der Waals surface area contributed by atoms with Crippen LogP contribution in [0.15, 0.2) is 12.1 Å².